The van der Waals surface area contributed by atoms with E-state index in [1.807, 2.05) is 0 Å². The van der Waals surface area contributed by atoms with Crippen molar-refractivity contribution >= 4 is 23.7 Å². The third-order valence-corrected chi connectivity index (χ3v) is 2.84. The minimum Gasteiger partial charge on any atom is -0.299 e. The van der Waals surface area contributed by atoms with Crippen molar-refractivity contribution in [1.82, 2.24) is 19.3 Å². The van der Waals surface area contributed by atoms with Crippen LogP contribution in [0.1, 0.15) is 12.8 Å². The Hall–Kier alpha value is -1.30. The standard InChI is InChI=1S/C10H14N4OS/c1-13-9-8(6-12-13)10(15)14(7-11-9)4-2-3-5-16/h6-7,16H,2-5H2,1H3. The Bertz CT molecular complexity index is 545. The summed E-state index contributed by atoms with van der Waals surface area (Å²) in [5.41, 5.74) is 0.618. The molecule has 16 heavy (non-hydrogen) atoms. The van der Waals surface area contributed by atoms with Crippen LogP contribution < -0.4 is 5.56 Å². The zero-order valence-electron chi connectivity index (χ0n) is 9.13. The quantitative estimate of drug-likeness (QED) is 0.634. The van der Waals surface area contributed by atoms with Crippen molar-refractivity contribution in [2.75, 3.05) is 5.75 Å². The largest absolute Gasteiger partial charge is 0.299 e. The Morgan fingerprint density at radius 3 is 3.00 bits per heavy atom. The lowest BCUT2D eigenvalue weighted by Gasteiger charge is -2.03. The fraction of sp³-hybridized carbons (Fsp3) is 0.500. The minimum atomic E-state index is -0.0164. The molecule has 0 radical (unpaired) electrons. The second-order valence-electron chi connectivity index (χ2n) is 3.68. The van der Waals surface area contributed by atoms with Crippen molar-refractivity contribution in [3.8, 4) is 0 Å². The first-order valence-electron chi connectivity index (χ1n) is 5.22. The van der Waals surface area contributed by atoms with Gasteiger partial charge in [-0.15, -0.1) is 0 Å². The zero-order valence-corrected chi connectivity index (χ0v) is 10.0. The van der Waals surface area contributed by atoms with Crippen LogP contribution in [-0.4, -0.2) is 25.1 Å². The SMILES string of the molecule is Cn1ncc2c(=O)n(CCCCS)cnc21. The molecule has 0 N–H and O–H groups in total. The Kier molecular flexibility index (Phi) is 3.28. The summed E-state index contributed by atoms with van der Waals surface area (Å²) in [5.74, 6) is 0.845. The number of unbranched alkanes of at least 4 members (excludes halogenated alkanes) is 1. The van der Waals surface area contributed by atoms with Crippen LogP contribution in [0.2, 0.25) is 0 Å². The zero-order chi connectivity index (χ0) is 11.5. The molecule has 0 amide bonds. The number of nitrogens with zero attached hydrogens (tertiary/aromatic N) is 4. The molecule has 0 bridgehead atoms. The monoisotopic (exact) mass is 238 g/mol. The summed E-state index contributed by atoms with van der Waals surface area (Å²) >= 11 is 4.14. The topological polar surface area (TPSA) is 52.7 Å². The van der Waals surface area contributed by atoms with E-state index in [0.29, 0.717) is 17.6 Å². The maximum Gasteiger partial charge on any atom is 0.264 e. The maximum atomic E-state index is 12.0. The predicted molar refractivity (Wildman–Crippen MR) is 65.9 cm³/mol. The number of hydrogen-bond acceptors (Lipinski definition) is 4. The van der Waals surface area contributed by atoms with Gasteiger partial charge in [0.15, 0.2) is 5.65 Å². The molecule has 0 aromatic carbocycles. The second-order valence-corrected chi connectivity index (χ2v) is 4.13. The highest BCUT2D eigenvalue weighted by Gasteiger charge is 2.07. The van der Waals surface area contributed by atoms with Crippen LogP contribution in [0, 0.1) is 0 Å². The third-order valence-electron chi connectivity index (χ3n) is 2.53. The van der Waals surface area contributed by atoms with Gasteiger partial charge in [-0.05, 0) is 18.6 Å². The van der Waals surface area contributed by atoms with E-state index < -0.39 is 0 Å². The van der Waals surface area contributed by atoms with Crippen molar-refractivity contribution in [2.45, 2.75) is 19.4 Å². The number of rotatable bonds is 4. The first-order valence-corrected chi connectivity index (χ1v) is 5.85. The number of thiol groups is 1. The molecule has 2 aromatic rings. The molecule has 0 atom stereocenters. The van der Waals surface area contributed by atoms with Gasteiger partial charge >= 0.3 is 0 Å². The predicted octanol–water partition coefficient (Wildman–Crippen LogP) is 0.840. The summed E-state index contributed by atoms with van der Waals surface area (Å²) in [6, 6.07) is 0. The van der Waals surface area contributed by atoms with E-state index in [1.54, 1.807) is 28.8 Å². The highest BCUT2D eigenvalue weighted by molar-refractivity contribution is 7.80. The molecule has 0 spiro atoms. The highest BCUT2D eigenvalue weighted by Crippen LogP contribution is 2.03. The molecule has 0 aliphatic heterocycles. The van der Waals surface area contributed by atoms with Crippen LogP contribution in [0.4, 0.5) is 0 Å². The summed E-state index contributed by atoms with van der Waals surface area (Å²) in [6.45, 7) is 0.692. The number of aromatic nitrogens is 4. The van der Waals surface area contributed by atoms with E-state index >= 15 is 0 Å². The molecule has 86 valence electrons. The fourth-order valence-electron chi connectivity index (χ4n) is 1.62. The molecule has 5 nitrogen and oxygen atoms in total. The van der Waals surface area contributed by atoms with E-state index in [2.05, 4.69) is 22.7 Å². The maximum absolute atomic E-state index is 12.0. The molecule has 0 saturated heterocycles. The van der Waals surface area contributed by atoms with Gasteiger partial charge in [-0.2, -0.15) is 17.7 Å². The lowest BCUT2D eigenvalue weighted by Crippen LogP contribution is -2.20. The summed E-state index contributed by atoms with van der Waals surface area (Å²) in [6.07, 6.45) is 5.10. The smallest absolute Gasteiger partial charge is 0.264 e. The molecule has 0 saturated carbocycles. The molecular weight excluding hydrogens is 224 g/mol. The van der Waals surface area contributed by atoms with E-state index in [9.17, 15) is 4.79 Å². The van der Waals surface area contributed by atoms with E-state index in [1.165, 1.54) is 0 Å². The molecule has 0 unspecified atom stereocenters. The number of aryl methyl sites for hydroxylation is 2. The number of hydrogen-bond donors (Lipinski definition) is 1. The lowest BCUT2D eigenvalue weighted by atomic mass is 10.3. The molecule has 2 aromatic heterocycles. The second kappa shape index (κ2) is 4.69. The van der Waals surface area contributed by atoms with Crippen molar-refractivity contribution in [1.29, 1.82) is 0 Å². The van der Waals surface area contributed by atoms with Crippen molar-refractivity contribution < 1.29 is 0 Å². The fourth-order valence-corrected chi connectivity index (χ4v) is 1.84. The van der Waals surface area contributed by atoms with Gasteiger partial charge in [0.25, 0.3) is 5.56 Å². The Balaban J connectivity index is 2.34. The van der Waals surface area contributed by atoms with Crippen LogP contribution in [0.5, 0.6) is 0 Å². The highest BCUT2D eigenvalue weighted by atomic mass is 32.1. The van der Waals surface area contributed by atoms with Gasteiger partial charge in [0.05, 0.1) is 12.5 Å². The van der Waals surface area contributed by atoms with Gasteiger partial charge in [0.1, 0.15) is 5.39 Å². The van der Waals surface area contributed by atoms with Crippen molar-refractivity contribution in [3.63, 3.8) is 0 Å². The van der Waals surface area contributed by atoms with Crippen LogP contribution in [0.15, 0.2) is 17.3 Å². The van der Waals surface area contributed by atoms with Gasteiger partial charge in [-0.25, -0.2) is 4.98 Å². The molecule has 2 heterocycles. The Morgan fingerprint density at radius 2 is 2.25 bits per heavy atom. The molecule has 6 heteroatoms. The summed E-state index contributed by atoms with van der Waals surface area (Å²) in [5, 5.41) is 4.60. The molecule has 0 fully saturated rings. The lowest BCUT2D eigenvalue weighted by molar-refractivity contribution is 0.610. The van der Waals surface area contributed by atoms with Gasteiger partial charge in [-0.1, -0.05) is 0 Å². The van der Waals surface area contributed by atoms with Crippen LogP contribution >= 0.6 is 12.6 Å². The van der Waals surface area contributed by atoms with Crippen LogP contribution in [0.25, 0.3) is 11.0 Å². The van der Waals surface area contributed by atoms with Gasteiger partial charge in [-0.3, -0.25) is 14.0 Å². The first-order chi connectivity index (χ1) is 7.74. The van der Waals surface area contributed by atoms with E-state index in [4.69, 9.17) is 0 Å². The molecular formula is C10H14N4OS. The van der Waals surface area contributed by atoms with E-state index in [0.717, 1.165) is 18.6 Å². The third kappa shape index (κ3) is 1.97. The molecule has 0 aliphatic carbocycles. The van der Waals surface area contributed by atoms with Gasteiger partial charge in [0.2, 0.25) is 0 Å². The first kappa shape index (κ1) is 11.2. The normalized spacial score (nSPS) is 11.1. The summed E-state index contributed by atoms with van der Waals surface area (Å²) in [4.78, 5) is 16.2. The summed E-state index contributed by atoms with van der Waals surface area (Å²) in [7, 11) is 1.78. The van der Waals surface area contributed by atoms with Crippen molar-refractivity contribution in [3.05, 3.63) is 22.9 Å². The van der Waals surface area contributed by atoms with E-state index in [-0.39, 0.29) is 5.56 Å². The summed E-state index contributed by atoms with van der Waals surface area (Å²) < 4.78 is 3.24. The minimum absolute atomic E-state index is 0.0164. The Morgan fingerprint density at radius 1 is 1.44 bits per heavy atom. The van der Waals surface area contributed by atoms with Gasteiger partial charge < -0.3 is 0 Å². The molecule has 2 rings (SSSR count). The molecule has 0 aliphatic rings. The van der Waals surface area contributed by atoms with Crippen molar-refractivity contribution in [2.24, 2.45) is 7.05 Å². The number of fused-ring (bicyclic) bond motifs is 1. The van der Waals surface area contributed by atoms with Gasteiger partial charge in [0, 0.05) is 13.6 Å². The average Bonchev–Trinajstić information content (AvgIpc) is 2.65. The average molecular weight is 238 g/mol. The van der Waals surface area contributed by atoms with Crippen LogP contribution in [0.3, 0.4) is 0 Å². The van der Waals surface area contributed by atoms with Crippen LogP contribution in [-0.2, 0) is 13.6 Å². The Labute approximate surface area is 98.5 Å².